The van der Waals surface area contributed by atoms with Crippen LogP contribution in [-0.4, -0.2) is 63.6 Å². The van der Waals surface area contributed by atoms with E-state index in [2.05, 4.69) is 10.3 Å². The predicted molar refractivity (Wildman–Crippen MR) is 138 cm³/mol. The molecule has 2 atom stereocenters. The molecule has 3 aliphatic rings. The molecule has 2 saturated heterocycles. The topological polar surface area (TPSA) is 84.0 Å². The molecule has 0 bridgehead atoms. The maximum absolute atomic E-state index is 14.7. The molecular formula is C27H29FN4O4S. The van der Waals surface area contributed by atoms with Crippen LogP contribution in [0.4, 0.5) is 15.8 Å². The van der Waals surface area contributed by atoms with Crippen LogP contribution in [0.15, 0.2) is 71.9 Å². The van der Waals surface area contributed by atoms with Crippen molar-refractivity contribution in [3.8, 4) is 11.5 Å². The number of hydrogen-bond donors (Lipinski definition) is 1. The van der Waals surface area contributed by atoms with E-state index in [0.717, 1.165) is 5.69 Å². The third-order valence-corrected chi connectivity index (χ3v) is 9.37. The molecule has 3 aromatic rings. The van der Waals surface area contributed by atoms with Crippen LogP contribution in [0, 0.1) is 23.6 Å². The fourth-order valence-electron chi connectivity index (χ4n) is 5.39. The number of nitrogens with zero attached hydrogens (tertiary/aromatic N) is 3. The number of morpholine rings is 1. The first-order valence-electron chi connectivity index (χ1n) is 12.5. The van der Waals surface area contributed by atoms with Gasteiger partial charge in [-0.05, 0) is 72.4 Å². The second-order valence-electron chi connectivity index (χ2n) is 9.72. The van der Waals surface area contributed by atoms with Gasteiger partial charge in [0, 0.05) is 50.8 Å². The molecule has 3 heterocycles. The summed E-state index contributed by atoms with van der Waals surface area (Å²) < 4.78 is 53.7. The second-order valence-corrected chi connectivity index (χ2v) is 11.7. The Bertz CT molecular complexity index is 1340. The highest BCUT2D eigenvalue weighted by Gasteiger charge is 2.57. The average molecular weight is 525 g/mol. The standard InChI is InChI=1S/C27H29FN4O4S/c28-26-15-19(1-6-27(26)31-11-13-35-14-12-31)30-16-23-24-17-32(18-25(23)24)37(33,34)22-4-2-20(3-5-22)36-21-7-9-29-10-8-21/h1-10,15,23-25,30H,11-14,16-18H2. The van der Waals surface area contributed by atoms with Crippen LogP contribution < -0.4 is 15.0 Å². The Morgan fingerprint density at radius 1 is 0.973 bits per heavy atom. The fraction of sp³-hybridized carbons (Fsp3) is 0.370. The number of fused-ring (bicyclic) bond motifs is 1. The van der Waals surface area contributed by atoms with Crippen LogP contribution >= 0.6 is 0 Å². The molecule has 194 valence electrons. The zero-order valence-electron chi connectivity index (χ0n) is 20.3. The molecule has 0 radical (unpaired) electrons. The third-order valence-electron chi connectivity index (χ3n) is 7.53. The molecule has 3 fully saturated rings. The number of ether oxygens (including phenoxy) is 2. The molecule has 37 heavy (non-hydrogen) atoms. The van der Waals surface area contributed by atoms with Crippen LogP contribution in [0.2, 0.25) is 0 Å². The average Bonchev–Trinajstić information content (AvgIpc) is 3.36. The van der Waals surface area contributed by atoms with Gasteiger partial charge in [0.1, 0.15) is 17.3 Å². The van der Waals surface area contributed by atoms with Crippen molar-refractivity contribution in [3.63, 3.8) is 0 Å². The number of rotatable bonds is 8. The molecule has 1 aliphatic carbocycles. The number of aromatic nitrogens is 1. The summed E-state index contributed by atoms with van der Waals surface area (Å²) in [6, 6.07) is 15.3. The number of hydrogen-bond acceptors (Lipinski definition) is 7. The van der Waals surface area contributed by atoms with Crippen molar-refractivity contribution >= 4 is 21.4 Å². The van der Waals surface area contributed by atoms with Gasteiger partial charge in [0.05, 0.1) is 23.8 Å². The number of halogens is 1. The summed E-state index contributed by atoms with van der Waals surface area (Å²) >= 11 is 0. The second kappa shape index (κ2) is 9.92. The van der Waals surface area contributed by atoms with Gasteiger partial charge in [0.2, 0.25) is 10.0 Å². The van der Waals surface area contributed by atoms with E-state index in [1.54, 1.807) is 59.2 Å². The monoisotopic (exact) mass is 524 g/mol. The van der Waals surface area contributed by atoms with Crippen molar-refractivity contribution in [3.05, 3.63) is 72.8 Å². The first kappa shape index (κ1) is 24.1. The minimum atomic E-state index is -3.56. The Morgan fingerprint density at radius 3 is 2.32 bits per heavy atom. The van der Waals surface area contributed by atoms with Gasteiger partial charge < -0.3 is 19.7 Å². The van der Waals surface area contributed by atoms with Crippen molar-refractivity contribution in [2.75, 3.05) is 56.2 Å². The highest BCUT2D eigenvalue weighted by atomic mass is 32.2. The molecule has 6 rings (SSSR count). The van der Waals surface area contributed by atoms with Gasteiger partial charge in [-0.25, -0.2) is 12.8 Å². The minimum Gasteiger partial charge on any atom is -0.457 e. The van der Waals surface area contributed by atoms with Crippen LogP contribution in [0.25, 0.3) is 0 Å². The zero-order chi connectivity index (χ0) is 25.4. The van der Waals surface area contributed by atoms with Crippen molar-refractivity contribution < 1.29 is 22.3 Å². The summed E-state index contributed by atoms with van der Waals surface area (Å²) in [6.07, 6.45) is 3.27. The van der Waals surface area contributed by atoms with E-state index in [0.29, 0.717) is 80.9 Å². The summed E-state index contributed by atoms with van der Waals surface area (Å²) in [5.74, 6) is 2.01. The lowest BCUT2D eigenvalue weighted by Gasteiger charge is -2.29. The predicted octanol–water partition coefficient (Wildman–Crippen LogP) is 3.83. The van der Waals surface area contributed by atoms with Gasteiger partial charge in [-0.2, -0.15) is 4.31 Å². The summed E-state index contributed by atoms with van der Waals surface area (Å²) in [5.41, 5.74) is 1.35. The molecule has 10 heteroatoms. The summed E-state index contributed by atoms with van der Waals surface area (Å²) in [7, 11) is -3.56. The Morgan fingerprint density at radius 2 is 1.65 bits per heavy atom. The lowest BCUT2D eigenvalue weighted by Crippen LogP contribution is -2.36. The van der Waals surface area contributed by atoms with E-state index in [-0.39, 0.29) is 10.7 Å². The molecule has 1 aromatic heterocycles. The van der Waals surface area contributed by atoms with Crippen molar-refractivity contribution in [2.45, 2.75) is 4.90 Å². The van der Waals surface area contributed by atoms with E-state index in [1.165, 1.54) is 0 Å². The molecule has 2 aromatic carbocycles. The first-order valence-corrected chi connectivity index (χ1v) is 14.0. The number of sulfonamides is 1. The van der Waals surface area contributed by atoms with Gasteiger partial charge in [-0.1, -0.05) is 0 Å². The number of nitrogens with one attached hydrogen (secondary N) is 1. The van der Waals surface area contributed by atoms with Gasteiger partial charge in [-0.15, -0.1) is 0 Å². The van der Waals surface area contributed by atoms with Crippen LogP contribution in [-0.2, 0) is 14.8 Å². The first-order chi connectivity index (χ1) is 18.0. The van der Waals surface area contributed by atoms with Crippen molar-refractivity contribution in [2.24, 2.45) is 17.8 Å². The Hall–Kier alpha value is -3.21. The Balaban J connectivity index is 1.01. The van der Waals surface area contributed by atoms with E-state index in [1.807, 2.05) is 17.0 Å². The molecule has 1 saturated carbocycles. The fourth-order valence-corrected chi connectivity index (χ4v) is 6.91. The van der Waals surface area contributed by atoms with Crippen molar-refractivity contribution in [1.29, 1.82) is 0 Å². The zero-order valence-corrected chi connectivity index (χ0v) is 21.1. The molecule has 1 N–H and O–H groups in total. The van der Waals surface area contributed by atoms with Crippen LogP contribution in [0.3, 0.4) is 0 Å². The third kappa shape index (κ3) is 5.01. The maximum Gasteiger partial charge on any atom is 0.243 e. The Kier molecular flexibility index (Phi) is 6.48. The minimum absolute atomic E-state index is 0.239. The van der Waals surface area contributed by atoms with E-state index in [4.69, 9.17) is 9.47 Å². The van der Waals surface area contributed by atoms with Gasteiger partial charge in [0.15, 0.2) is 0 Å². The quantitative estimate of drug-likeness (QED) is 0.480. The SMILES string of the molecule is O=S(=O)(c1ccc(Oc2ccncc2)cc1)N1CC2C(CNc3ccc(N4CCOCC4)c(F)c3)C2C1. The summed E-state index contributed by atoms with van der Waals surface area (Å²) in [4.78, 5) is 6.22. The van der Waals surface area contributed by atoms with Gasteiger partial charge in [0.25, 0.3) is 0 Å². The van der Waals surface area contributed by atoms with Crippen LogP contribution in [0.5, 0.6) is 11.5 Å². The van der Waals surface area contributed by atoms with Gasteiger partial charge >= 0.3 is 0 Å². The largest absolute Gasteiger partial charge is 0.457 e. The van der Waals surface area contributed by atoms with E-state index < -0.39 is 10.0 Å². The number of piperidine rings is 1. The maximum atomic E-state index is 14.7. The molecule has 8 nitrogen and oxygen atoms in total. The molecule has 2 aliphatic heterocycles. The molecule has 0 spiro atoms. The van der Waals surface area contributed by atoms with E-state index >= 15 is 0 Å². The molecular weight excluding hydrogens is 495 g/mol. The highest BCUT2D eigenvalue weighted by Crippen LogP contribution is 2.52. The highest BCUT2D eigenvalue weighted by molar-refractivity contribution is 7.89. The number of anilines is 2. The lowest BCUT2D eigenvalue weighted by atomic mass is 10.2. The van der Waals surface area contributed by atoms with Crippen molar-refractivity contribution in [1.82, 2.24) is 9.29 Å². The van der Waals surface area contributed by atoms with Gasteiger partial charge in [-0.3, -0.25) is 4.98 Å². The smallest absolute Gasteiger partial charge is 0.243 e. The summed E-state index contributed by atoms with van der Waals surface area (Å²) in [6.45, 7) is 4.35. The number of benzene rings is 2. The Labute approximate surface area is 216 Å². The summed E-state index contributed by atoms with van der Waals surface area (Å²) in [5, 5.41) is 3.35. The molecule has 0 amide bonds. The van der Waals surface area contributed by atoms with Crippen LogP contribution in [0.1, 0.15) is 0 Å². The normalized spacial score (nSPS) is 23.5. The lowest BCUT2D eigenvalue weighted by molar-refractivity contribution is 0.122. The van der Waals surface area contributed by atoms with E-state index in [9.17, 15) is 12.8 Å². The molecule has 2 unspecified atom stereocenters. The number of pyridine rings is 1.